The Labute approximate surface area is 169 Å². The lowest BCUT2D eigenvalue weighted by Gasteiger charge is -2.34. The Kier molecular flexibility index (Phi) is 5.67. The zero-order chi connectivity index (χ0) is 19.5. The van der Waals surface area contributed by atoms with Crippen LogP contribution in [0, 0.1) is 6.92 Å². The number of carbonyl (C=O) groups is 1. The lowest BCUT2D eigenvalue weighted by Crippen LogP contribution is -2.43. The second kappa shape index (κ2) is 8.35. The largest absolute Gasteiger partial charge is 0.451 e. The average molecular weight is 399 g/mol. The van der Waals surface area contributed by atoms with Gasteiger partial charge in [0.1, 0.15) is 5.58 Å². The van der Waals surface area contributed by atoms with E-state index in [9.17, 15) is 4.79 Å². The highest BCUT2D eigenvalue weighted by atomic mass is 35.5. The van der Waals surface area contributed by atoms with Crippen LogP contribution in [-0.2, 0) is 4.74 Å². The van der Waals surface area contributed by atoms with Gasteiger partial charge in [-0.3, -0.25) is 9.69 Å². The van der Waals surface area contributed by atoms with Crippen LogP contribution < -0.4 is 5.32 Å². The Morgan fingerprint density at radius 3 is 2.68 bits per heavy atom. The van der Waals surface area contributed by atoms with Gasteiger partial charge in [-0.2, -0.15) is 0 Å². The summed E-state index contributed by atoms with van der Waals surface area (Å²) in [7, 11) is 0. The van der Waals surface area contributed by atoms with Crippen LogP contribution in [0.3, 0.4) is 0 Å². The lowest BCUT2D eigenvalue weighted by molar-refractivity contribution is 0.0161. The topological polar surface area (TPSA) is 54.7 Å². The number of amides is 1. The summed E-state index contributed by atoms with van der Waals surface area (Å²) in [5, 5.41) is 4.55. The van der Waals surface area contributed by atoms with Crippen LogP contribution >= 0.6 is 11.6 Å². The number of nitrogens with one attached hydrogen (secondary N) is 1. The number of morpholine rings is 1. The van der Waals surface area contributed by atoms with Crippen LogP contribution in [0.2, 0.25) is 5.02 Å². The number of furan rings is 1. The lowest BCUT2D eigenvalue weighted by atomic mass is 10.0. The number of carbonyl (C=O) groups excluding carboxylic acids is 1. The first-order chi connectivity index (χ1) is 13.6. The Hall–Kier alpha value is -2.34. The Bertz CT molecular complexity index is 965. The van der Waals surface area contributed by atoms with E-state index in [1.807, 2.05) is 31.2 Å². The van der Waals surface area contributed by atoms with Crippen molar-refractivity contribution in [1.82, 2.24) is 10.2 Å². The first kappa shape index (κ1) is 19.0. The standard InChI is InChI=1S/C22H23ClN2O3/c1-15-18-13-17(23)7-8-20(18)28-21(15)22(26)24-14-19(16-5-3-2-4-6-16)25-9-11-27-12-10-25/h2-8,13,19H,9-12,14H2,1H3,(H,24,26). The molecule has 1 fully saturated rings. The van der Waals surface area contributed by atoms with Gasteiger partial charge < -0.3 is 14.5 Å². The Morgan fingerprint density at radius 1 is 1.18 bits per heavy atom. The van der Waals surface area contributed by atoms with E-state index in [0.717, 1.165) is 24.0 Å². The minimum Gasteiger partial charge on any atom is -0.451 e. The zero-order valence-corrected chi connectivity index (χ0v) is 16.5. The highest BCUT2D eigenvalue weighted by Gasteiger charge is 2.24. The van der Waals surface area contributed by atoms with Crippen LogP contribution in [0.5, 0.6) is 0 Å². The molecule has 28 heavy (non-hydrogen) atoms. The van der Waals surface area contributed by atoms with Gasteiger partial charge >= 0.3 is 0 Å². The number of halogens is 1. The van der Waals surface area contributed by atoms with Crippen molar-refractivity contribution in [1.29, 1.82) is 0 Å². The molecule has 1 aliphatic heterocycles. The SMILES string of the molecule is Cc1c(C(=O)NCC(c2ccccc2)N2CCOCC2)oc2ccc(Cl)cc12. The molecule has 0 spiro atoms. The molecular formula is C22H23ClN2O3. The van der Waals surface area contributed by atoms with Gasteiger partial charge in [0.25, 0.3) is 5.91 Å². The summed E-state index contributed by atoms with van der Waals surface area (Å²) in [5.74, 6) is 0.130. The molecular weight excluding hydrogens is 376 g/mol. The van der Waals surface area contributed by atoms with Crippen molar-refractivity contribution in [3.8, 4) is 0 Å². The molecule has 2 heterocycles. The number of ether oxygens (including phenoxy) is 1. The molecule has 0 aliphatic carbocycles. The van der Waals surface area contributed by atoms with Crippen LogP contribution in [0.15, 0.2) is 52.9 Å². The van der Waals surface area contributed by atoms with Crippen molar-refractivity contribution in [2.75, 3.05) is 32.8 Å². The smallest absolute Gasteiger partial charge is 0.287 e. The number of aryl methyl sites for hydroxylation is 1. The number of fused-ring (bicyclic) bond motifs is 1. The van der Waals surface area contributed by atoms with Crippen molar-refractivity contribution < 1.29 is 13.9 Å². The monoisotopic (exact) mass is 398 g/mol. The van der Waals surface area contributed by atoms with E-state index in [4.69, 9.17) is 20.8 Å². The van der Waals surface area contributed by atoms with E-state index >= 15 is 0 Å². The van der Waals surface area contributed by atoms with Crippen LogP contribution in [0.1, 0.15) is 27.7 Å². The van der Waals surface area contributed by atoms with Gasteiger partial charge in [0.2, 0.25) is 0 Å². The average Bonchev–Trinajstić information content (AvgIpc) is 3.06. The number of hydrogen-bond donors (Lipinski definition) is 1. The normalized spacial score (nSPS) is 16.2. The number of rotatable bonds is 5. The summed E-state index contributed by atoms with van der Waals surface area (Å²) in [4.78, 5) is 15.2. The predicted octanol–water partition coefficient (Wildman–Crippen LogP) is 4.20. The van der Waals surface area contributed by atoms with Crippen molar-refractivity contribution in [2.24, 2.45) is 0 Å². The zero-order valence-electron chi connectivity index (χ0n) is 15.8. The third kappa shape index (κ3) is 3.92. The molecule has 3 aromatic rings. The maximum absolute atomic E-state index is 12.9. The fourth-order valence-corrected chi connectivity index (χ4v) is 3.87. The van der Waals surface area contributed by atoms with E-state index in [1.54, 1.807) is 12.1 Å². The van der Waals surface area contributed by atoms with Gasteiger partial charge in [-0.15, -0.1) is 0 Å². The van der Waals surface area contributed by atoms with E-state index in [0.29, 0.717) is 36.1 Å². The van der Waals surface area contributed by atoms with Gasteiger partial charge in [-0.25, -0.2) is 0 Å². The van der Waals surface area contributed by atoms with Gasteiger partial charge in [0.05, 0.1) is 19.3 Å². The molecule has 1 unspecified atom stereocenters. The minimum absolute atomic E-state index is 0.0909. The molecule has 0 saturated carbocycles. The Balaban J connectivity index is 1.53. The molecule has 1 saturated heterocycles. The van der Waals surface area contributed by atoms with Crippen molar-refractivity contribution >= 4 is 28.5 Å². The van der Waals surface area contributed by atoms with E-state index in [1.165, 1.54) is 5.56 Å². The third-order valence-electron chi connectivity index (χ3n) is 5.23. The fraction of sp³-hybridized carbons (Fsp3) is 0.318. The van der Waals surface area contributed by atoms with E-state index in [-0.39, 0.29) is 11.9 Å². The van der Waals surface area contributed by atoms with Crippen molar-refractivity contribution in [3.63, 3.8) is 0 Å². The van der Waals surface area contributed by atoms with Crippen LogP contribution in [0.4, 0.5) is 0 Å². The Morgan fingerprint density at radius 2 is 1.93 bits per heavy atom. The van der Waals surface area contributed by atoms with E-state index < -0.39 is 0 Å². The molecule has 2 aromatic carbocycles. The molecule has 1 atom stereocenters. The van der Waals surface area contributed by atoms with Crippen molar-refractivity contribution in [3.05, 3.63) is 70.4 Å². The maximum atomic E-state index is 12.9. The molecule has 5 nitrogen and oxygen atoms in total. The quantitative estimate of drug-likeness (QED) is 0.699. The van der Waals surface area contributed by atoms with Crippen LogP contribution in [-0.4, -0.2) is 43.7 Å². The molecule has 1 amide bonds. The summed E-state index contributed by atoms with van der Waals surface area (Å²) >= 11 is 6.08. The highest BCUT2D eigenvalue weighted by molar-refractivity contribution is 6.31. The second-order valence-corrected chi connectivity index (χ2v) is 7.42. The van der Waals surface area contributed by atoms with E-state index in [2.05, 4.69) is 22.3 Å². The summed E-state index contributed by atoms with van der Waals surface area (Å²) in [6, 6.07) is 15.7. The summed E-state index contributed by atoms with van der Waals surface area (Å²) in [6.45, 7) is 5.49. The van der Waals surface area contributed by atoms with Gasteiger partial charge in [-0.05, 0) is 30.7 Å². The number of benzene rings is 2. The van der Waals surface area contributed by atoms with Crippen molar-refractivity contribution in [2.45, 2.75) is 13.0 Å². The highest BCUT2D eigenvalue weighted by Crippen LogP contribution is 2.28. The minimum atomic E-state index is -0.209. The molecule has 1 aliphatic rings. The molecule has 0 bridgehead atoms. The summed E-state index contributed by atoms with van der Waals surface area (Å²) < 4.78 is 11.3. The molecule has 1 N–H and O–H groups in total. The fourth-order valence-electron chi connectivity index (χ4n) is 3.70. The first-order valence-electron chi connectivity index (χ1n) is 9.47. The summed E-state index contributed by atoms with van der Waals surface area (Å²) in [5.41, 5.74) is 2.65. The third-order valence-corrected chi connectivity index (χ3v) is 5.47. The van der Waals surface area contributed by atoms with Gasteiger partial charge in [0, 0.05) is 35.6 Å². The second-order valence-electron chi connectivity index (χ2n) is 6.98. The molecule has 6 heteroatoms. The first-order valence-corrected chi connectivity index (χ1v) is 9.85. The number of hydrogen-bond acceptors (Lipinski definition) is 4. The molecule has 0 radical (unpaired) electrons. The van der Waals surface area contributed by atoms with Gasteiger partial charge in [-0.1, -0.05) is 41.9 Å². The number of nitrogens with zero attached hydrogens (tertiary/aromatic N) is 1. The molecule has 4 rings (SSSR count). The maximum Gasteiger partial charge on any atom is 0.287 e. The van der Waals surface area contributed by atoms with Gasteiger partial charge in [0.15, 0.2) is 5.76 Å². The predicted molar refractivity (Wildman–Crippen MR) is 110 cm³/mol. The van der Waals surface area contributed by atoms with Crippen LogP contribution in [0.25, 0.3) is 11.0 Å². The molecule has 1 aromatic heterocycles. The summed E-state index contributed by atoms with van der Waals surface area (Å²) in [6.07, 6.45) is 0. The molecule has 146 valence electrons.